The molecule has 1 rings (SSSR count). The van der Waals surface area contributed by atoms with Gasteiger partial charge in [0.25, 0.3) is 0 Å². The molecular formula is C21H41NO5S2. The van der Waals surface area contributed by atoms with Crippen LogP contribution in [-0.4, -0.2) is 76.0 Å². The molecule has 0 saturated heterocycles. The van der Waals surface area contributed by atoms with Gasteiger partial charge in [-0.3, -0.25) is 0 Å². The molecule has 0 fully saturated rings. The Bertz CT molecular complexity index is 442. The van der Waals surface area contributed by atoms with Gasteiger partial charge in [-0.2, -0.15) is 0 Å². The summed E-state index contributed by atoms with van der Waals surface area (Å²) in [6, 6.07) is 5.69. The van der Waals surface area contributed by atoms with E-state index in [1.54, 1.807) is 28.7 Å². The molecule has 2 N–H and O–H groups in total. The minimum absolute atomic E-state index is 0.0340. The van der Waals surface area contributed by atoms with Gasteiger partial charge in [0.1, 0.15) is 0 Å². The van der Waals surface area contributed by atoms with Crippen LogP contribution in [0.25, 0.3) is 0 Å². The number of nitrogens with zero attached hydrogens (tertiary/aromatic N) is 1. The highest BCUT2D eigenvalue weighted by molar-refractivity contribution is 8.76. The third-order valence-corrected chi connectivity index (χ3v) is 4.96. The largest absolute Gasteiger partial charge is 0.392 e. The van der Waals surface area contributed by atoms with Crippen LogP contribution in [0.1, 0.15) is 31.9 Å². The molecule has 0 amide bonds. The Balaban J connectivity index is 0. The number of benzene rings is 1. The molecule has 0 heterocycles. The highest BCUT2D eigenvalue weighted by atomic mass is 33.1. The molecule has 6 nitrogen and oxygen atoms in total. The summed E-state index contributed by atoms with van der Waals surface area (Å²) in [5.74, 6) is 0. The Kier molecular flexibility index (Phi) is 25.2. The SMILES string of the molecule is CC.CCN(CCOCCOCCOC)c1cc(CO)cc(CO)c1.CSSC. The van der Waals surface area contributed by atoms with E-state index in [9.17, 15) is 10.2 Å². The number of aliphatic hydroxyl groups excluding tert-OH is 2. The van der Waals surface area contributed by atoms with Crippen molar-refractivity contribution in [1.29, 1.82) is 0 Å². The summed E-state index contributed by atoms with van der Waals surface area (Å²) in [6.45, 7) is 10.5. The molecule has 0 aliphatic rings. The van der Waals surface area contributed by atoms with E-state index >= 15 is 0 Å². The topological polar surface area (TPSA) is 71.4 Å². The minimum atomic E-state index is -0.0340. The summed E-state index contributed by atoms with van der Waals surface area (Å²) in [4.78, 5) is 2.16. The minimum Gasteiger partial charge on any atom is -0.392 e. The number of aliphatic hydroxyl groups is 2. The molecule has 0 aliphatic carbocycles. The summed E-state index contributed by atoms with van der Waals surface area (Å²) < 4.78 is 15.8. The lowest BCUT2D eigenvalue weighted by atomic mass is 10.1. The Morgan fingerprint density at radius 1 is 0.828 bits per heavy atom. The van der Waals surface area contributed by atoms with E-state index in [-0.39, 0.29) is 13.2 Å². The highest BCUT2D eigenvalue weighted by Crippen LogP contribution is 2.19. The number of rotatable bonds is 14. The molecule has 0 saturated carbocycles. The lowest BCUT2D eigenvalue weighted by molar-refractivity contribution is 0.0265. The fourth-order valence-electron chi connectivity index (χ4n) is 2.22. The maximum atomic E-state index is 9.32. The van der Waals surface area contributed by atoms with Crippen LogP contribution in [0, 0.1) is 0 Å². The quantitative estimate of drug-likeness (QED) is 0.327. The monoisotopic (exact) mass is 451 g/mol. The van der Waals surface area contributed by atoms with Crippen molar-refractivity contribution in [3.63, 3.8) is 0 Å². The molecule has 172 valence electrons. The Morgan fingerprint density at radius 3 is 1.72 bits per heavy atom. The van der Waals surface area contributed by atoms with E-state index in [4.69, 9.17) is 14.2 Å². The Hall–Kier alpha value is -0.480. The highest BCUT2D eigenvalue weighted by Gasteiger charge is 2.07. The molecule has 0 bridgehead atoms. The van der Waals surface area contributed by atoms with Gasteiger partial charge in [-0.25, -0.2) is 0 Å². The van der Waals surface area contributed by atoms with Crippen molar-refractivity contribution in [3.05, 3.63) is 29.3 Å². The molecule has 0 spiro atoms. The maximum absolute atomic E-state index is 9.32. The summed E-state index contributed by atoms with van der Waals surface area (Å²) in [5, 5.41) is 18.6. The lowest BCUT2D eigenvalue weighted by Crippen LogP contribution is -2.28. The van der Waals surface area contributed by atoms with E-state index in [1.807, 2.05) is 32.0 Å². The first-order chi connectivity index (χ1) is 14.2. The Morgan fingerprint density at radius 2 is 1.31 bits per heavy atom. The van der Waals surface area contributed by atoms with Gasteiger partial charge >= 0.3 is 0 Å². The predicted octanol–water partition coefficient (Wildman–Crippen LogP) is 3.83. The first-order valence-corrected chi connectivity index (χ1v) is 12.9. The molecule has 1 aromatic carbocycles. The van der Waals surface area contributed by atoms with Crippen LogP contribution in [0.2, 0.25) is 0 Å². The predicted molar refractivity (Wildman–Crippen MR) is 128 cm³/mol. The maximum Gasteiger partial charge on any atom is 0.0701 e. The molecule has 8 heteroatoms. The second kappa shape index (κ2) is 23.8. The van der Waals surface area contributed by atoms with Crippen LogP contribution < -0.4 is 4.90 Å². The fourth-order valence-corrected chi connectivity index (χ4v) is 2.22. The van der Waals surface area contributed by atoms with Crippen molar-refractivity contribution in [2.75, 3.05) is 70.6 Å². The number of methoxy groups -OCH3 is 1. The van der Waals surface area contributed by atoms with Crippen LogP contribution >= 0.6 is 21.6 Å². The Labute approximate surface area is 185 Å². The standard InChI is InChI=1S/C17H29NO5.C2H6S2.C2H6/c1-3-18(4-5-22-8-9-23-7-6-21-2)17-11-15(13-19)10-16(12-17)14-20;1-3-4-2;1-2/h10-12,19-20H,3-9,13-14H2,1-2H3;1-2H3;1-2H3. The van der Waals surface area contributed by atoms with Gasteiger partial charge in [-0.1, -0.05) is 41.5 Å². The molecule has 0 unspecified atom stereocenters. The molecule has 0 atom stereocenters. The zero-order chi connectivity index (χ0) is 22.3. The van der Waals surface area contributed by atoms with Gasteiger partial charge in [-0.05, 0) is 42.7 Å². The van der Waals surface area contributed by atoms with Gasteiger partial charge in [0.2, 0.25) is 0 Å². The van der Waals surface area contributed by atoms with Crippen LogP contribution in [0.5, 0.6) is 0 Å². The zero-order valence-corrected chi connectivity index (χ0v) is 20.6. The van der Waals surface area contributed by atoms with Crippen molar-refractivity contribution < 1.29 is 24.4 Å². The van der Waals surface area contributed by atoms with Gasteiger partial charge in [0, 0.05) is 25.9 Å². The van der Waals surface area contributed by atoms with Crippen LogP contribution in [-0.2, 0) is 27.4 Å². The first-order valence-electron chi connectivity index (χ1n) is 9.97. The van der Waals surface area contributed by atoms with Crippen molar-refractivity contribution in [1.82, 2.24) is 0 Å². The van der Waals surface area contributed by atoms with Gasteiger partial charge in [-0.15, -0.1) is 0 Å². The fraction of sp³-hybridized carbons (Fsp3) is 0.714. The molecular weight excluding hydrogens is 410 g/mol. The smallest absolute Gasteiger partial charge is 0.0701 e. The van der Waals surface area contributed by atoms with Gasteiger partial charge in [0.05, 0.1) is 46.2 Å². The number of hydrogen-bond donors (Lipinski definition) is 2. The van der Waals surface area contributed by atoms with Crippen molar-refractivity contribution in [2.45, 2.75) is 34.0 Å². The van der Waals surface area contributed by atoms with Crippen LogP contribution in [0.3, 0.4) is 0 Å². The third-order valence-electron chi connectivity index (χ3n) is 3.63. The summed E-state index contributed by atoms with van der Waals surface area (Å²) >= 11 is 0. The number of hydrogen-bond acceptors (Lipinski definition) is 8. The molecule has 1 aromatic rings. The van der Waals surface area contributed by atoms with Crippen molar-refractivity contribution in [2.24, 2.45) is 0 Å². The zero-order valence-electron chi connectivity index (χ0n) is 19.0. The van der Waals surface area contributed by atoms with E-state index in [0.29, 0.717) is 33.0 Å². The van der Waals surface area contributed by atoms with E-state index in [2.05, 4.69) is 24.3 Å². The molecule has 0 radical (unpaired) electrons. The number of anilines is 1. The molecule has 0 aliphatic heterocycles. The van der Waals surface area contributed by atoms with E-state index < -0.39 is 0 Å². The third kappa shape index (κ3) is 16.9. The molecule has 0 aromatic heterocycles. The second-order valence-electron chi connectivity index (χ2n) is 5.45. The van der Waals surface area contributed by atoms with E-state index in [0.717, 1.165) is 29.9 Å². The normalized spacial score (nSPS) is 9.93. The van der Waals surface area contributed by atoms with Crippen molar-refractivity contribution >= 4 is 27.3 Å². The lowest BCUT2D eigenvalue weighted by Gasteiger charge is -2.24. The van der Waals surface area contributed by atoms with Crippen LogP contribution in [0.15, 0.2) is 18.2 Å². The molecule has 29 heavy (non-hydrogen) atoms. The van der Waals surface area contributed by atoms with Crippen molar-refractivity contribution in [3.8, 4) is 0 Å². The van der Waals surface area contributed by atoms with Gasteiger partial charge in [0.15, 0.2) is 0 Å². The second-order valence-corrected chi connectivity index (χ2v) is 8.12. The average molecular weight is 452 g/mol. The first kappa shape index (κ1) is 30.7. The summed E-state index contributed by atoms with van der Waals surface area (Å²) in [7, 11) is 5.19. The summed E-state index contributed by atoms with van der Waals surface area (Å²) in [6.07, 6.45) is 4.12. The van der Waals surface area contributed by atoms with Gasteiger partial charge < -0.3 is 29.3 Å². The number of likely N-dealkylation sites (N-methyl/N-ethyl adjacent to an activating group) is 1. The van der Waals surface area contributed by atoms with Crippen LogP contribution in [0.4, 0.5) is 5.69 Å². The number of ether oxygens (including phenoxy) is 3. The average Bonchev–Trinajstić information content (AvgIpc) is 2.79. The summed E-state index contributed by atoms with van der Waals surface area (Å²) in [5.41, 5.74) is 2.60. The van der Waals surface area contributed by atoms with E-state index in [1.165, 1.54) is 0 Å².